The first-order chi connectivity index (χ1) is 16.0. The van der Waals surface area contributed by atoms with Gasteiger partial charge in [-0.2, -0.15) is 0 Å². The molecule has 0 atom stereocenters. The number of oxime groups is 1. The van der Waals surface area contributed by atoms with E-state index in [0.717, 1.165) is 18.7 Å². The maximum atomic E-state index is 13.0. The molecule has 4 heterocycles. The summed E-state index contributed by atoms with van der Waals surface area (Å²) in [7, 11) is 0. The molecular weight excluding hydrogens is 448 g/mol. The van der Waals surface area contributed by atoms with Crippen molar-refractivity contribution in [2.75, 3.05) is 50.7 Å². The number of piperazine rings is 1. The molecule has 1 aromatic heterocycles. The van der Waals surface area contributed by atoms with Crippen LogP contribution in [0.1, 0.15) is 39.0 Å². The molecule has 33 heavy (non-hydrogen) atoms. The van der Waals surface area contributed by atoms with Gasteiger partial charge >= 0.3 is 6.09 Å². The van der Waals surface area contributed by atoms with Crippen LogP contribution in [0.5, 0.6) is 0 Å². The van der Waals surface area contributed by atoms with Crippen LogP contribution in [-0.4, -0.2) is 84.1 Å². The molecule has 1 spiro atoms. The summed E-state index contributed by atoms with van der Waals surface area (Å²) in [6, 6.07) is 3.62. The molecule has 0 saturated carbocycles. The average Bonchev–Trinajstić information content (AvgIpc) is 3.24. The Labute approximate surface area is 198 Å². The summed E-state index contributed by atoms with van der Waals surface area (Å²) < 4.78 is 0. The van der Waals surface area contributed by atoms with Crippen LogP contribution in [0.4, 0.5) is 10.6 Å². The number of hydrogen-bond donors (Lipinski definition) is 1. The largest absolute Gasteiger partial charge is 0.426 e. The Balaban J connectivity index is 1.22. The number of amides is 2. The maximum Gasteiger partial charge on any atom is 0.426 e. The van der Waals surface area contributed by atoms with E-state index in [0.29, 0.717) is 75.8 Å². The molecule has 3 aliphatic rings. The Morgan fingerprint density at radius 1 is 1.21 bits per heavy atom. The Morgan fingerprint density at radius 2 is 1.97 bits per heavy atom. The summed E-state index contributed by atoms with van der Waals surface area (Å²) in [5, 5.41) is 9.16. The van der Waals surface area contributed by atoms with Crippen molar-refractivity contribution in [2.24, 2.45) is 5.16 Å². The van der Waals surface area contributed by atoms with Crippen LogP contribution in [0.25, 0.3) is 0 Å². The van der Waals surface area contributed by atoms with Crippen LogP contribution in [0, 0.1) is 0 Å². The number of rotatable bonds is 6. The number of carbonyl (C=O) groups is 2. The zero-order valence-corrected chi connectivity index (χ0v) is 19.7. The molecule has 2 fully saturated rings. The first-order valence-corrected chi connectivity index (χ1v) is 12.0. The Hall–Kier alpha value is -2.59. The number of pyridine rings is 1. The molecule has 0 aliphatic carbocycles. The van der Waals surface area contributed by atoms with Crippen LogP contribution in [0.15, 0.2) is 23.5 Å². The van der Waals surface area contributed by atoms with E-state index in [1.807, 2.05) is 11.0 Å². The van der Waals surface area contributed by atoms with Crippen LogP contribution >= 0.6 is 11.6 Å². The summed E-state index contributed by atoms with van der Waals surface area (Å²) in [4.78, 5) is 44.3. The standard InChI is InChI=1S/C22H31ClN6O4/c1-2-3-8-25-21(31)32-29-10-6-22(7-11-29)16-18(26-33-22)20(30)28-14-12-27(13-15-28)19-17(23)5-4-9-24-19/h4-5,9H,2-3,6-8,10-16H2,1H3,(H,25,31). The van der Waals surface area contributed by atoms with Gasteiger partial charge in [0.2, 0.25) is 0 Å². The molecule has 2 amide bonds. The third-order valence-corrected chi connectivity index (χ3v) is 6.63. The van der Waals surface area contributed by atoms with Gasteiger partial charge in [-0.3, -0.25) is 4.79 Å². The number of hydroxylamine groups is 2. The van der Waals surface area contributed by atoms with Crippen molar-refractivity contribution in [3.63, 3.8) is 0 Å². The molecule has 0 unspecified atom stereocenters. The van der Waals surface area contributed by atoms with E-state index in [1.54, 1.807) is 17.3 Å². The van der Waals surface area contributed by atoms with Gasteiger partial charge in [0.1, 0.15) is 17.1 Å². The smallest absolute Gasteiger partial charge is 0.388 e. The number of piperidine rings is 1. The second kappa shape index (κ2) is 10.6. The van der Waals surface area contributed by atoms with Crippen molar-refractivity contribution in [1.29, 1.82) is 0 Å². The van der Waals surface area contributed by atoms with E-state index < -0.39 is 11.7 Å². The lowest BCUT2D eigenvalue weighted by Crippen LogP contribution is -2.51. The molecule has 1 N–H and O–H groups in total. The second-order valence-electron chi connectivity index (χ2n) is 8.67. The van der Waals surface area contributed by atoms with Crippen LogP contribution in [0.3, 0.4) is 0 Å². The molecule has 10 nitrogen and oxygen atoms in total. The average molecular weight is 479 g/mol. The molecule has 2 saturated heterocycles. The van der Waals surface area contributed by atoms with Gasteiger partial charge in [0.25, 0.3) is 5.91 Å². The normalized spacial score (nSPS) is 20.4. The fourth-order valence-electron chi connectivity index (χ4n) is 4.32. The third kappa shape index (κ3) is 5.67. The van der Waals surface area contributed by atoms with Crippen molar-refractivity contribution in [3.8, 4) is 0 Å². The van der Waals surface area contributed by atoms with Crippen molar-refractivity contribution >= 4 is 35.1 Å². The Morgan fingerprint density at radius 3 is 2.67 bits per heavy atom. The molecule has 11 heteroatoms. The predicted molar refractivity (Wildman–Crippen MR) is 124 cm³/mol. The zero-order chi connectivity index (χ0) is 23.3. The molecule has 4 rings (SSSR count). The van der Waals surface area contributed by atoms with Crippen LogP contribution in [-0.2, 0) is 14.5 Å². The van der Waals surface area contributed by atoms with E-state index in [4.69, 9.17) is 21.3 Å². The summed E-state index contributed by atoms with van der Waals surface area (Å²) in [6.45, 7) is 6.24. The maximum absolute atomic E-state index is 13.0. The van der Waals surface area contributed by atoms with Gasteiger partial charge in [-0.05, 0) is 18.6 Å². The molecule has 0 aromatic carbocycles. The van der Waals surface area contributed by atoms with Crippen LogP contribution < -0.4 is 10.2 Å². The van der Waals surface area contributed by atoms with Crippen molar-refractivity contribution in [2.45, 2.75) is 44.6 Å². The topological polar surface area (TPSA) is 99.6 Å². The van der Waals surface area contributed by atoms with Crippen molar-refractivity contribution in [1.82, 2.24) is 20.3 Å². The van der Waals surface area contributed by atoms with Gasteiger partial charge in [-0.15, -0.1) is 5.06 Å². The highest BCUT2D eigenvalue weighted by atomic mass is 35.5. The number of aromatic nitrogens is 1. The minimum absolute atomic E-state index is 0.0763. The monoisotopic (exact) mass is 478 g/mol. The van der Waals surface area contributed by atoms with Gasteiger partial charge in [-0.25, -0.2) is 9.78 Å². The van der Waals surface area contributed by atoms with Crippen LogP contribution in [0.2, 0.25) is 5.02 Å². The van der Waals surface area contributed by atoms with E-state index in [-0.39, 0.29) is 5.91 Å². The lowest BCUT2D eigenvalue weighted by Gasteiger charge is -2.36. The number of hydrogen-bond acceptors (Lipinski definition) is 8. The number of unbranched alkanes of at least 4 members (excludes halogenated alkanes) is 1. The minimum atomic E-state index is -0.493. The lowest BCUT2D eigenvalue weighted by molar-refractivity contribution is -0.157. The third-order valence-electron chi connectivity index (χ3n) is 6.34. The SMILES string of the molecule is CCCCNC(=O)ON1CCC2(CC1)CC(C(=O)N1CCN(c3ncccc3Cl)CC1)=NO2. The Kier molecular flexibility index (Phi) is 7.54. The first-order valence-electron chi connectivity index (χ1n) is 11.6. The highest BCUT2D eigenvalue weighted by Crippen LogP contribution is 2.35. The van der Waals surface area contributed by atoms with Gasteiger partial charge < -0.3 is 24.8 Å². The summed E-state index contributed by atoms with van der Waals surface area (Å²) >= 11 is 6.25. The van der Waals surface area contributed by atoms with E-state index in [1.165, 1.54) is 0 Å². The quantitative estimate of drug-likeness (QED) is 0.627. The zero-order valence-electron chi connectivity index (χ0n) is 19.0. The van der Waals surface area contributed by atoms with E-state index in [9.17, 15) is 9.59 Å². The van der Waals surface area contributed by atoms with E-state index in [2.05, 4.69) is 27.3 Å². The molecule has 1 aromatic rings. The molecule has 3 aliphatic heterocycles. The van der Waals surface area contributed by atoms with Gasteiger partial charge in [0.15, 0.2) is 0 Å². The fourth-order valence-corrected chi connectivity index (χ4v) is 4.56. The van der Waals surface area contributed by atoms with E-state index >= 15 is 0 Å². The number of carbonyl (C=O) groups excluding carboxylic acids is 2. The fraction of sp³-hybridized carbons (Fsp3) is 0.636. The van der Waals surface area contributed by atoms with Crippen molar-refractivity contribution in [3.05, 3.63) is 23.4 Å². The Bertz CT molecular complexity index is 881. The van der Waals surface area contributed by atoms with Gasteiger partial charge in [-0.1, -0.05) is 30.1 Å². The predicted octanol–water partition coefficient (Wildman–Crippen LogP) is 2.44. The molecule has 180 valence electrons. The molecular formula is C22H31ClN6O4. The summed E-state index contributed by atoms with van der Waals surface area (Å²) in [6.07, 6.45) is 4.99. The lowest BCUT2D eigenvalue weighted by atomic mass is 9.87. The highest BCUT2D eigenvalue weighted by Gasteiger charge is 2.45. The molecule has 0 radical (unpaired) electrons. The minimum Gasteiger partial charge on any atom is -0.388 e. The van der Waals surface area contributed by atoms with Gasteiger partial charge in [0.05, 0.1) is 5.02 Å². The van der Waals surface area contributed by atoms with Gasteiger partial charge in [0, 0.05) is 71.3 Å². The number of nitrogens with one attached hydrogen (secondary N) is 1. The summed E-state index contributed by atoms with van der Waals surface area (Å²) in [5.74, 6) is 0.674. The second-order valence-corrected chi connectivity index (χ2v) is 9.07. The first kappa shape index (κ1) is 23.6. The highest BCUT2D eigenvalue weighted by molar-refractivity contribution is 6.39. The molecule has 0 bridgehead atoms. The summed E-state index contributed by atoms with van der Waals surface area (Å²) in [5.41, 5.74) is -0.0293. The number of anilines is 1. The number of halogens is 1. The van der Waals surface area contributed by atoms with Crippen molar-refractivity contribution < 1.29 is 19.3 Å². The number of nitrogens with zero attached hydrogens (tertiary/aromatic N) is 5.